The molecule has 2 unspecified atom stereocenters. The van der Waals surface area contributed by atoms with Gasteiger partial charge >= 0.3 is 0 Å². The van der Waals surface area contributed by atoms with Crippen LogP contribution in [0, 0.1) is 62.7 Å². The summed E-state index contributed by atoms with van der Waals surface area (Å²) in [4.78, 5) is 31.6. The van der Waals surface area contributed by atoms with Crippen LogP contribution in [0.1, 0.15) is 106 Å². The van der Waals surface area contributed by atoms with E-state index in [0.29, 0.717) is 18.6 Å². The quantitative estimate of drug-likeness (QED) is 0.306. The van der Waals surface area contributed by atoms with E-state index in [1.807, 2.05) is 0 Å². The Balaban J connectivity index is 1.61. The van der Waals surface area contributed by atoms with Crippen molar-refractivity contribution in [1.29, 1.82) is 0 Å². The highest BCUT2D eigenvalue weighted by atomic mass is 35.5. The molecular weight excluding hydrogens is 482 g/mol. The summed E-state index contributed by atoms with van der Waals surface area (Å²) in [5, 5.41) is 11.3. The van der Waals surface area contributed by atoms with Gasteiger partial charge < -0.3 is 9.95 Å². The minimum Gasteiger partial charge on any atom is -0.391 e. The smallest absolute Gasteiger partial charge is 0.281 e. The van der Waals surface area contributed by atoms with Gasteiger partial charge in [0.1, 0.15) is 5.78 Å². The molecule has 0 saturated heterocycles. The number of Topliss-reactive ketones (excluding diaryl/α,β-unsaturated/α-hetero) is 2. The first-order valence-electron chi connectivity index (χ1n) is 14.7. The van der Waals surface area contributed by atoms with Gasteiger partial charge in [0, 0.05) is 35.5 Å². The first-order chi connectivity index (χ1) is 17.0. The number of rotatable bonds is 2. The summed E-state index contributed by atoms with van der Waals surface area (Å²) in [6, 6.07) is -0.601. The number of ketones is 2. The van der Waals surface area contributed by atoms with Crippen molar-refractivity contribution in [2.45, 2.75) is 118 Å². The molecule has 0 aromatic rings. The van der Waals surface area contributed by atoms with Crippen molar-refractivity contribution in [3.8, 4) is 0 Å². The van der Waals surface area contributed by atoms with Gasteiger partial charge in [-0.25, -0.2) is 6.57 Å². The van der Waals surface area contributed by atoms with E-state index in [1.165, 1.54) is 0 Å². The maximum atomic E-state index is 14.5. The Morgan fingerprint density at radius 1 is 0.946 bits per heavy atom. The van der Waals surface area contributed by atoms with Crippen LogP contribution in [-0.4, -0.2) is 34.7 Å². The minimum atomic E-state index is -0.601. The van der Waals surface area contributed by atoms with Crippen LogP contribution in [0.15, 0.2) is 0 Å². The van der Waals surface area contributed by atoms with E-state index in [4.69, 9.17) is 18.2 Å². The fraction of sp³-hybridized carbons (Fsp3) is 0.906. The number of halogens is 1. The van der Waals surface area contributed by atoms with Crippen molar-refractivity contribution >= 4 is 23.2 Å². The van der Waals surface area contributed by atoms with E-state index in [0.717, 1.165) is 44.9 Å². The van der Waals surface area contributed by atoms with E-state index in [1.54, 1.807) is 0 Å². The molecule has 0 heterocycles. The third kappa shape index (κ3) is 3.41. The molecule has 10 atom stereocenters. The summed E-state index contributed by atoms with van der Waals surface area (Å²) in [6.45, 7) is 23.8. The summed E-state index contributed by atoms with van der Waals surface area (Å²) in [5.41, 5.74) is -1.07. The number of hydrogen-bond donors (Lipinski definition) is 1. The van der Waals surface area contributed by atoms with Gasteiger partial charge in [-0.3, -0.25) is 9.59 Å². The van der Waals surface area contributed by atoms with E-state index in [9.17, 15) is 14.7 Å². The van der Waals surface area contributed by atoms with Crippen LogP contribution in [0.3, 0.4) is 0 Å². The largest absolute Gasteiger partial charge is 0.391 e. The third-order valence-corrected chi connectivity index (χ3v) is 14.0. The molecule has 0 aromatic carbocycles. The number of carbonyl (C=O) groups excluding carboxylic acids is 2. The molecule has 5 aliphatic rings. The van der Waals surface area contributed by atoms with Crippen molar-refractivity contribution in [3.63, 3.8) is 0 Å². The molecule has 0 amide bonds. The Morgan fingerprint density at radius 3 is 2.22 bits per heavy atom. The highest BCUT2D eigenvalue weighted by Crippen LogP contribution is 2.76. The second-order valence-electron chi connectivity index (χ2n) is 15.9. The predicted molar refractivity (Wildman–Crippen MR) is 147 cm³/mol. The zero-order chi connectivity index (χ0) is 27.4. The van der Waals surface area contributed by atoms with Crippen LogP contribution >= 0.6 is 11.6 Å². The molecular formula is C32H48ClNO3. The number of fused-ring (bicyclic) bond motifs is 7. The maximum absolute atomic E-state index is 14.5. The van der Waals surface area contributed by atoms with E-state index in [2.05, 4.69) is 53.3 Å². The lowest BCUT2D eigenvalue weighted by Crippen LogP contribution is -2.70. The second kappa shape index (κ2) is 8.30. The molecule has 4 nitrogen and oxygen atoms in total. The van der Waals surface area contributed by atoms with Gasteiger partial charge in [-0.1, -0.05) is 48.5 Å². The van der Waals surface area contributed by atoms with Gasteiger partial charge in [0.25, 0.3) is 6.04 Å². The average Bonchev–Trinajstić information content (AvgIpc) is 2.82. The number of carbonyl (C=O) groups is 2. The Labute approximate surface area is 229 Å². The lowest BCUT2D eigenvalue weighted by Gasteiger charge is -2.72. The van der Waals surface area contributed by atoms with Crippen LogP contribution in [0.4, 0.5) is 0 Å². The average molecular weight is 530 g/mol. The molecule has 5 rings (SSSR count). The van der Waals surface area contributed by atoms with Crippen LogP contribution in [0.5, 0.6) is 0 Å². The lowest BCUT2D eigenvalue weighted by atomic mass is 9.31. The molecule has 206 valence electrons. The van der Waals surface area contributed by atoms with Crippen molar-refractivity contribution in [2.24, 2.45) is 56.2 Å². The minimum absolute atomic E-state index is 0.0421. The molecule has 0 spiro atoms. The second-order valence-corrected chi connectivity index (χ2v) is 16.3. The van der Waals surface area contributed by atoms with Crippen LogP contribution in [0.25, 0.3) is 4.85 Å². The molecule has 0 radical (unpaired) electrons. The molecule has 37 heavy (non-hydrogen) atoms. The zero-order valence-corrected chi connectivity index (χ0v) is 24.9. The lowest BCUT2D eigenvalue weighted by molar-refractivity contribution is -0.242. The number of aliphatic hydroxyl groups excluding tert-OH is 1. The van der Waals surface area contributed by atoms with E-state index in [-0.39, 0.29) is 62.4 Å². The Hall–Kier alpha value is -0.920. The maximum Gasteiger partial charge on any atom is 0.281 e. The van der Waals surface area contributed by atoms with Crippen LogP contribution in [0.2, 0.25) is 0 Å². The number of aliphatic hydroxyl groups is 1. The first kappa shape index (κ1) is 27.6. The topological polar surface area (TPSA) is 58.7 Å². The zero-order valence-electron chi connectivity index (χ0n) is 24.1. The first-order valence-corrected chi connectivity index (χ1v) is 15.3. The van der Waals surface area contributed by atoms with Gasteiger partial charge in [-0.2, -0.15) is 0 Å². The molecule has 5 aliphatic carbocycles. The molecule has 1 N–H and O–H groups in total. The van der Waals surface area contributed by atoms with Crippen molar-refractivity contribution in [1.82, 2.24) is 0 Å². The van der Waals surface area contributed by atoms with Crippen LogP contribution < -0.4 is 0 Å². The summed E-state index contributed by atoms with van der Waals surface area (Å²) in [6.07, 6.45) is 7.41. The molecule has 0 aromatic heterocycles. The molecule has 0 aliphatic heterocycles. The predicted octanol–water partition coefficient (Wildman–Crippen LogP) is 7.11. The molecule has 5 saturated carbocycles. The van der Waals surface area contributed by atoms with Gasteiger partial charge in [-0.05, 0) is 84.4 Å². The van der Waals surface area contributed by atoms with Crippen molar-refractivity contribution in [3.05, 3.63) is 11.4 Å². The SMILES string of the molecule is [C-]#[N+]C1C[C@]2(C)[C@H]3CC(=O)[C@@H]4[C@@H]5CC(C)(C)CC[C@]5(C(O)CCl)CC[C@@]4(C)[C@]3(C)CC[C@H]2C(C)(C)C1=O. The fourth-order valence-electron chi connectivity index (χ4n) is 11.5. The summed E-state index contributed by atoms with van der Waals surface area (Å²) < 4.78 is 0. The molecule has 5 heteroatoms. The van der Waals surface area contributed by atoms with Gasteiger partial charge in [0.2, 0.25) is 5.78 Å². The van der Waals surface area contributed by atoms with E-state index < -0.39 is 17.6 Å². The Kier molecular flexibility index (Phi) is 6.20. The Bertz CT molecular complexity index is 1050. The third-order valence-electron chi connectivity index (χ3n) is 13.8. The summed E-state index contributed by atoms with van der Waals surface area (Å²) >= 11 is 6.33. The number of hydrogen-bond acceptors (Lipinski definition) is 3. The summed E-state index contributed by atoms with van der Waals surface area (Å²) in [5.74, 6) is 1.16. The van der Waals surface area contributed by atoms with Gasteiger partial charge in [-0.15, -0.1) is 11.6 Å². The van der Waals surface area contributed by atoms with Crippen molar-refractivity contribution in [2.75, 3.05) is 5.88 Å². The Morgan fingerprint density at radius 2 is 1.59 bits per heavy atom. The normalized spacial score (nSPS) is 51.1. The number of alkyl halides is 1. The monoisotopic (exact) mass is 529 g/mol. The van der Waals surface area contributed by atoms with Crippen molar-refractivity contribution < 1.29 is 14.7 Å². The standard InChI is InChI=1S/C32H48ClNO3/c1-27(2)11-13-32(24(36)18-33)14-12-31(7)25(19(32)16-27)21(35)15-23-29(5)17-20(34-8)26(37)28(3,4)22(29)9-10-30(23,31)6/h19-20,22-25,36H,9-18H2,1-7H3/t19-,20?,22-,23+,24?,25-,29-,30+,31+,32-/m0/s1. The van der Waals surface area contributed by atoms with Gasteiger partial charge in [0.05, 0.1) is 6.10 Å². The van der Waals surface area contributed by atoms with E-state index >= 15 is 0 Å². The highest BCUT2D eigenvalue weighted by Gasteiger charge is 2.73. The molecule has 5 fully saturated rings. The van der Waals surface area contributed by atoms with Gasteiger partial charge in [0.15, 0.2) is 0 Å². The number of nitrogens with zero attached hydrogens (tertiary/aromatic N) is 1. The van der Waals surface area contributed by atoms with Crippen LogP contribution in [-0.2, 0) is 9.59 Å². The fourth-order valence-corrected chi connectivity index (χ4v) is 11.8. The summed E-state index contributed by atoms with van der Waals surface area (Å²) in [7, 11) is 0. The highest BCUT2D eigenvalue weighted by molar-refractivity contribution is 6.18. The molecule has 0 bridgehead atoms.